The van der Waals surface area contributed by atoms with Crippen molar-refractivity contribution in [1.29, 1.82) is 0 Å². The molecule has 3 fully saturated rings. The van der Waals surface area contributed by atoms with Gasteiger partial charge in [-0.1, -0.05) is 26.8 Å². The van der Waals surface area contributed by atoms with Crippen molar-refractivity contribution in [2.24, 2.45) is 35.0 Å². The van der Waals surface area contributed by atoms with E-state index in [4.69, 9.17) is 4.74 Å². The Morgan fingerprint density at radius 3 is 2.60 bits per heavy atom. The fraction of sp³-hybridized carbons (Fsp3) is 0.870. The van der Waals surface area contributed by atoms with Crippen molar-refractivity contribution < 1.29 is 11.0 Å². The van der Waals surface area contributed by atoms with E-state index in [2.05, 4.69) is 26.8 Å². The van der Waals surface area contributed by atoms with Gasteiger partial charge in [-0.25, -0.2) is 0 Å². The molecule has 0 spiro atoms. The average Bonchev–Trinajstić information content (AvgIpc) is 2.92. The minimum atomic E-state index is 0. The number of hydrogen-bond acceptors (Lipinski definition) is 2. The molecule has 2 nitrogen and oxygen atoms in total. The predicted octanol–water partition coefficient (Wildman–Crippen LogP) is 6.05. The van der Waals surface area contributed by atoms with Crippen LogP contribution in [-0.2, 0) is 9.53 Å². The van der Waals surface area contributed by atoms with E-state index in [1.165, 1.54) is 38.5 Å². The predicted molar refractivity (Wildman–Crippen MR) is 105 cm³/mol. The highest BCUT2D eigenvalue weighted by atomic mass is 16.5. The van der Waals surface area contributed by atoms with Gasteiger partial charge >= 0.3 is 0 Å². The average molecular weight is 349 g/mol. The molecule has 0 amide bonds. The van der Waals surface area contributed by atoms with E-state index in [0.717, 1.165) is 24.2 Å². The molecule has 0 aliphatic heterocycles. The fourth-order valence-corrected chi connectivity index (χ4v) is 6.75. The van der Waals surface area contributed by atoms with Crippen LogP contribution in [0.25, 0.3) is 0 Å². The van der Waals surface area contributed by atoms with Crippen molar-refractivity contribution >= 4 is 5.78 Å². The van der Waals surface area contributed by atoms with Gasteiger partial charge in [0.05, 0.1) is 12.2 Å². The second kappa shape index (κ2) is 7.55. The Kier molecular flexibility index (Phi) is 5.78. The molecule has 4 aliphatic carbocycles. The van der Waals surface area contributed by atoms with Crippen LogP contribution in [0.3, 0.4) is 0 Å². The summed E-state index contributed by atoms with van der Waals surface area (Å²) in [6.45, 7) is 10.9. The highest BCUT2D eigenvalue weighted by Crippen LogP contribution is 2.62. The van der Waals surface area contributed by atoms with Crippen molar-refractivity contribution in [1.82, 2.24) is 0 Å². The number of rotatable bonds is 2. The van der Waals surface area contributed by atoms with Gasteiger partial charge in [-0.3, -0.25) is 4.79 Å². The van der Waals surface area contributed by atoms with Crippen LogP contribution in [0.5, 0.6) is 0 Å². The summed E-state index contributed by atoms with van der Waals surface area (Å²) in [5, 5.41) is 0. The molecule has 25 heavy (non-hydrogen) atoms. The summed E-state index contributed by atoms with van der Waals surface area (Å²) in [5.74, 6) is 4.22. The van der Waals surface area contributed by atoms with Crippen LogP contribution in [0.4, 0.5) is 0 Å². The van der Waals surface area contributed by atoms with Crippen LogP contribution in [-0.4, -0.2) is 18.0 Å². The standard InChI is InChI=1S/C21H32O2.C2H6.H2/c1-13(2)23-20-9-8-19-18-6-4-14-12-15(22)5-7-16(14)17(18)10-11-21(19,20)3;1-2;/h5,7,13-14,16-20H,4,6,8-12H2,1-3H3;1-2H3;1H/t14-,16?,17+,18?,19-,20-,21-;;/m0../s1. The van der Waals surface area contributed by atoms with E-state index in [1.54, 1.807) is 0 Å². The smallest absolute Gasteiger partial charge is 0.155 e. The number of carbonyl (C=O) groups is 1. The molecule has 0 radical (unpaired) electrons. The van der Waals surface area contributed by atoms with Gasteiger partial charge in [-0.15, -0.1) is 0 Å². The summed E-state index contributed by atoms with van der Waals surface area (Å²) in [7, 11) is 0. The first-order chi connectivity index (χ1) is 12.0. The van der Waals surface area contributed by atoms with Gasteiger partial charge in [0.15, 0.2) is 5.78 Å². The first-order valence-electron chi connectivity index (χ1n) is 10.9. The normalized spacial score (nSPS) is 45.3. The minimum absolute atomic E-state index is 0. The molecule has 0 saturated heterocycles. The molecule has 0 aromatic heterocycles. The Morgan fingerprint density at radius 1 is 1.12 bits per heavy atom. The molecule has 3 saturated carbocycles. The number of ether oxygens (including phenoxy) is 1. The summed E-state index contributed by atoms with van der Waals surface area (Å²) in [5.41, 5.74) is 0.395. The molecule has 144 valence electrons. The molecule has 0 aromatic carbocycles. The highest BCUT2D eigenvalue weighted by molar-refractivity contribution is 5.90. The Bertz CT molecular complexity index is 514. The second-order valence-electron chi connectivity index (χ2n) is 9.17. The number of ketones is 1. The molecule has 2 heteroatoms. The van der Waals surface area contributed by atoms with Crippen molar-refractivity contribution in [2.75, 3.05) is 0 Å². The van der Waals surface area contributed by atoms with Gasteiger partial charge in [0.2, 0.25) is 0 Å². The quantitative estimate of drug-likeness (QED) is 0.607. The van der Waals surface area contributed by atoms with E-state index < -0.39 is 0 Å². The summed E-state index contributed by atoms with van der Waals surface area (Å²) < 4.78 is 6.33. The van der Waals surface area contributed by atoms with Crippen molar-refractivity contribution in [3.63, 3.8) is 0 Å². The summed E-state index contributed by atoms with van der Waals surface area (Å²) in [6.07, 6.45) is 13.7. The summed E-state index contributed by atoms with van der Waals surface area (Å²) >= 11 is 0. The van der Waals surface area contributed by atoms with E-state index in [1.807, 2.05) is 19.9 Å². The highest BCUT2D eigenvalue weighted by Gasteiger charge is 2.57. The van der Waals surface area contributed by atoms with Crippen molar-refractivity contribution in [3.05, 3.63) is 12.2 Å². The van der Waals surface area contributed by atoms with Crippen LogP contribution < -0.4 is 0 Å². The Hall–Kier alpha value is -0.630. The molecule has 0 bridgehead atoms. The molecular weight excluding hydrogens is 308 g/mol. The maximum atomic E-state index is 11.8. The topological polar surface area (TPSA) is 26.3 Å². The van der Waals surface area contributed by atoms with E-state index >= 15 is 0 Å². The van der Waals surface area contributed by atoms with E-state index in [9.17, 15) is 4.79 Å². The summed E-state index contributed by atoms with van der Waals surface area (Å²) in [4.78, 5) is 11.8. The van der Waals surface area contributed by atoms with Crippen LogP contribution in [0.1, 0.15) is 81.0 Å². The Balaban J connectivity index is 0.000000784. The van der Waals surface area contributed by atoms with Crippen LogP contribution in [0.2, 0.25) is 0 Å². The molecule has 0 heterocycles. The van der Waals surface area contributed by atoms with Gasteiger partial charge in [-0.2, -0.15) is 0 Å². The van der Waals surface area contributed by atoms with E-state index in [0.29, 0.717) is 35.2 Å². The second-order valence-corrected chi connectivity index (χ2v) is 9.17. The SMILES string of the molecule is CC.CC(C)O[C@H]1CC[C@H]2C3CC[C@H]4CC(=O)C=CC4[C@H]3CC[C@]12C.[HH]. The zero-order chi connectivity index (χ0) is 18.2. The molecule has 2 unspecified atom stereocenters. The fourth-order valence-electron chi connectivity index (χ4n) is 6.75. The maximum Gasteiger partial charge on any atom is 0.155 e. The number of allylic oxidation sites excluding steroid dienone is 2. The Morgan fingerprint density at radius 2 is 1.88 bits per heavy atom. The van der Waals surface area contributed by atoms with E-state index in [-0.39, 0.29) is 1.43 Å². The van der Waals surface area contributed by atoms with Crippen molar-refractivity contribution in [3.8, 4) is 0 Å². The monoisotopic (exact) mass is 348 g/mol. The molecule has 0 aromatic rings. The molecule has 4 aliphatic rings. The minimum Gasteiger partial charge on any atom is -0.375 e. The summed E-state index contributed by atoms with van der Waals surface area (Å²) in [6, 6.07) is 0. The molecule has 0 N–H and O–H groups in total. The molecule has 4 rings (SSSR count). The lowest BCUT2D eigenvalue weighted by Crippen LogP contribution is -2.49. The molecule has 7 atom stereocenters. The maximum absolute atomic E-state index is 11.8. The number of carbonyl (C=O) groups excluding carboxylic acids is 1. The first kappa shape index (κ1) is 19.1. The third-order valence-corrected chi connectivity index (χ3v) is 7.72. The Labute approximate surface area is 156 Å². The van der Waals surface area contributed by atoms with Crippen molar-refractivity contribution in [2.45, 2.75) is 91.8 Å². The number of hydrogen-bond donors (Lipinski definition) is 0. The third kappa shape index (κ3) is 3.36. The van der Waals surface area contributed by atoms with Gasteiger partial charge in [-0.05, 0) is 93.5 Å². The third-order valence-electron chi connectivity index (χ3n) is 7.72. The largest absolute Gasteiger partial charge is 0.375 e. The zero-order valence-electron chi connectivity index (χ0n) is 17.0. The lowest BCUT2D eigenvalue weighted by molar-refractivity contribution is -0.120. The lowest BCUT2D eigenvalue weighted by Gasteiger charge is -2.54. The van der Waals surface area contributed by atoms with Gasteiger partial charge in [0.25, 0.3) is 0 Å². The van der Waals surface area contributed by atoms with Gasteiger partial charge < -0.3 is 4.74 Å². The van der Waals surface area contributed by atoms with Crippen LogP contribution >= 0.6 is 0 Å². The van der Waals surface area contributed by atoms with Crippen LogP contribution in [0.15, 0.2) is 12.2 Å². The number of fused-ring (bicyclic) bond motifs is 5. The lowest BCUT2D eigenvalue weighted by atomic mass is 9.51. The van der Waals surface area contributed by atoms with Gasteiger partial charge in [0, 0.05) is 7.85 Å². The van der Waals surface area contributed by atoms with Gasteiger partial charge in [0.1, 0.15) is 0 Å². The zero-order valence-corrected chi connectivity index (χ0v) is 17.0. The van der Waals surface area contributed by atoms with Crippen LogP contribution in [0, 0.1) is 35.0 Å². The first-order valence-corrected chi connectivity index (χ1v) is 10.9. The molecular formula is C23H40O2.